The minimum Gasteiger partial charge on any atom is -0.396 e. The normalized spacial score (nSPS) is 15.6. The van der Waals surface area contributed by atoms with Crippen molar-refractivity contribution in [2.24, 2.45) is 7.05 Å². The molecule has 1 heterocycles. The van der Waals surface area contributed by atoms with Gasteiger partial charge in [0.2, 0.25) is 0 Å². The van der Waals surface area contributed by atoms with Crippen LogP contribution in [0.3, 0.4) is 0 Å². The Morgan fingerprint density at radius 2 is 2.41 bits per heavy atom. The first-order valence-electron chi connectivity index (χ1n) is 6.14. The van der Waals surface area contributed by atoms with Crippen molar-refractivity contribution in [2.45, 2.75) is 31.7 Å². The molecule has 1 aliphatic rings. The molecule has 17 heavy (non-hydrogen) atoms. The summed E-state index contributed by atoms with van der Waals surface area (Å²) in [6.07, 6.45) is 5.63. The molecule has 1 aromatic rings. The lowest BCUT2D eigenvalue weighted by Gasteiger charge is -2.37. The molecular formula is C12H19N3O2. The quantitative estimate of drug-likeness (QED) is 0.824. The van der Waals surface area contributed by atoms with Crippen LogP contribution in [0.2, 0.25) is 0 Å². The molecule has 0 spiro atoms. The zero-order valence-electron chi connectivity index (χ0n) is 10.2. The first-order valence-corrected chi connectivity index (χ1v) is 6.14. The first-order chi connectivity index (χ1) is 8.24. The van der Waals surface area contributed by atoms with Crippen molar-refractivity contribution >= 4 is 5.91 Å². The number of carbonyl (C=O) groups is 1. The molecule has 0 saturated heterocycles. The number of hydrogen-bond donors (Lipinski definition) is 1. The third kappa shape index (κ3) is 2.49. The summed E-state index contributed by atoms with van der Waals surface area (Å²) in [6, 6.07) is 2.09. The highest BCUT2D eigenvalue weighted by Gasteiger charge is 2.29. The maximum absolute atomic E-state index is 12.4. The van der Waals surface area contributed by atoms with Crippen molar-refractivity contribution in [3.8, 4) is 0 Å². The van der Waals surface area contributed by atoms with E-state index in [2.05, 4.69) is 5.10 Å². The van der Waals surface area contributed by atoms with E-state index in [1.807, 2.05) is 4.90 Å². The average Bonchev–Trinajstić information content (AvgIpc) is 2.67. The SMILES string of the molecule is Cn1nccc1C(=O)N(CCCO)C1CCC1. The monoisotopic (exact) mass is 237 g/mol. The van der Waals surface area contributed by atoms with E-state index in [4.69, 9.17) is 5.11 Å². The van der Waals surface area contributed by atoms with Gasteiger partial charge in [0.15, 0.2) is 0 Å². The van der Waals surface area contributed by atoms with E-state index in [9.17, 15) is 4.79 Å². The van der Waals surface area contributed by atoms with Crippen molar-refractivity contribution < 1.29 is 9.90 Å². The Hall–Kier alpha value is -1.36. The third-order valence-corrected chi connectivity index (χ3v) is 3.37. The Bertz CT molecular complexity index is 385. The summed E-state index contributed by atoms with van der Waals surface area (Å²) in [5.41, 5.74) is 0.620. The van der Waals surface area contributed by atoms with Crippen LogP contribution in [0.15, 0.2) is 12.3 Å². The molecule has 94 valence electrons. The minimum absolute atomic E-state index is 0.0307. The smallest absolute Gasteiger partial charge is 0.272 e. The fourth-order valence-electron chi connectivity index (χ4n) is 2.12. The third-order valence-electron chi connectivity index (χ3n) is 3.37. The van der Waals surface area contributed by atoms with Gasteiger partial charge in [0.25, 0.3) is 5.91 Å². The Morgan fingerprint density at radius 3 is 2.88 bits per heavy atom. The van der Waals surface area contributed by atoms with Crippen LogP contribution in [-0.4, -0.2) is 44.9 Å². The van der Waals surface area contributed by atoms with Crippen LogP contribution in [0, 0.1) is 0 Å². The molecule has 1 aliphatic carbocycles. The number of nitrogens with zero attached hydrogens (tertiary/aromatic N) is 3. The van der Waals surface area contributed by atoms with Crippen molar-refractivity contribution in [2.75, 3.05) is 13.2 Å². The number of aryl methyl sites for hydroxylation is 1. The number of aromatic nitrogens is 2. The number of amides is 1. The van der Waals surface area contributed by atoms with Crippen molar-refractivity contribution in [3.05, 3.63) is 18.0 Å². The molecule has 1 amide bonds. The van der Waals surface area contributed by atoms with Crippen LogP contribution >= 0.6 is 0 Å². The molecule has 1 N–H and O–H groups in total. The van der Waals surface area contributed by atoms with Gasteiger partial charge in [-0.1, -0.05) is 0 Å². The van der Waals surface area contributed by atoms with Gasteiger partial charge in [0.1, 0.15) is 5.69 Å². The van der Waals surface area contributed by atoms with E-state index < -0.39 is 0 Å². The largest absolute Gasteiger partial charge is 0.396 e. The molecule has 0 unspecified atom stereocenters. The highest BCUT2D eigenvalue weighted by Crippen LogP contribution is 2.26. The van der Waals surface area contributed by atoms with E-state index in [1.54, 1.807) is 24.0 Å². The van der Waals surface area contributed by atoms with Gasteiger partial charge in [-0.15, -0.1) is 0 Å². The summed E-state index contributed by atoms with van der Waals surface area (Å²) < 4.78 is 1.60. The van der Waals surface area contributed by atoms with Crippen LogP contribution in [0.5, 0.6) is 0 Å². The van der Waals surface area contributed by atoms with Gasteiger partial charge in [-0.2, -0.15) is 5.10 Å². The second-order valence-electron chi connectivity index (χ2n) is 4.50. The summed E-state index contributed by atoms with van der Waals surface area (Å²) in [7, 11) is 1.78. The summed E-state index contributed by atoms with van der Waals surface area (Å²) in [5.74, 6) is 0.0307. The highest BCUT2D eigenvalue weighted by atomic mass is 16.3. The first kappa shape index (κ1) is 12.1. The fourth-order valence-corrected chi connectivity index (χ4v) is 2.12. The van der Waals surface area contributed by atoms with Gasteiger partial charge in [-0.25, -0.2) is 0 Å². The molecule has 0 aliphatic heterocycles. The Kier molecular flexibility index (Phi) is 3.78. The summed E-state index contributed by atoms with van der Waals surface area (Å²) in [4.78, 5) is 14.2. The second kappa shape index (κ2) is 5.31. The predicted molar refractivity (Wildman–Crippen MR) is 63.6 cm³/mol. The highest BCUT2D eigenvalue weighted by molar-refractivity contribution is 5.92. The molecule has 2 rings (SSSR count). The van der Waals surface area contributed by atoms with Gasteiger partial charge in [0, 0.05) is 32.4 Å². The van der Waals surface area contributed by atoms with Crippen molar-refractivity contribution in [3.63, 3.8) is 0 Å². The molecule has 0 aromatic carbocycles. The molecule has 0 atom stereocenters. The predicted octanol–water partition coefficient (Wildman–Crippen LogP) is 0.797. The fraction of sp³-hybridized carbons (Fsp3) is 0.667. The maximum Gasteiger partial charge on any atom is 0.272 e. The van der Waals surface area contributed by atoms with E-state index in [-0.39, 0.29) is 12.5 Å². The molecular weight excluding hydrogens is 218 g/mol. The molecule has 1 aromatic heterocycles. The number of aliphatic hydroxyl groups excluding tert-OH is 1. The molecule has 5 heteroatoms. The minimum atomic E-state index is 0.0307. The molecule has 5 nitrogen and oxygen atoms in total. The summed E-state index contributed by atoms with van der Waals surface area (Å²) in [6.45, 7) is 0.757. The summed E-state index contributed by atoms with van der Waals surface area (Å²) >= 11 is 0. The zero-order valence-corrected chi connectivity index (χ0v) is 10.2. The van der Waals surface area contributed by atoms with Gasteiger partial charge < -0.3 is 10.0 Å². The lowest BCUT2D eigenvalue weighted by Crippen LogP contribution is -2.45. The van der Waals surface area contributed by atoms with Crippen LogP contribution in [0.1, 0.15) is 36.2 Å². The lowest BCUT2D eigenvalue weighted by atomic mass is 9.91. The molecule has 1 fully saturated rings. The van der Waals surface area contributed by atoms with Crippen LogP contribution < -0.4 is 0 Å². The summed E-state index contributed by atoms with van der Waals surface area (Å²) in [5, 5.41) is 12.9. The van der Waals surface area contributed by atoms with Gasteiger partial charge in [-0.3, -0.25) is 9.48 Å². The van der Waals surface area contributed by atoms with Crippen LogP contribution in [0.4, 0.5) is 0 Å². The van der Waals surface area contributed by atoms with Crippen molar-refractivity contribution in [1.29, 1.82) is 0 Å². The maximum atomic E-state index is 12.4. The molecule has 1 saturated carbocycles. The van der Waals surface area contributed by atoms with Gasteiger partial charge >= 0.3 is 0 Å². The Labute approximate surface area is 101 Å². The number of rotatable bonds is 5. The lowest BCUT2D eigenvalue weighted by molar-refractivity contribution is 0.0551. The average molecular weight is 237 g/mol. The van der Waals surface area contributed by atoms with E-state index >= 15 is 0 Å². The van der Waals surface area contributed by atoms with E-state index in [0.717, 1.165) is 12.8 Å². The van der Waals surface area contributed by atoms with Crippen LogP contribution in [0.25, 0.3) is 0 Å². The number of aliphatic hydroxyl groups is 1. The van der Waals surface area contributed by atoms with Gasteiger partial charge in [0.05, 0.1) is 0 Å². The molecule has 0 radical (unpaired) electrons. The van der Waals surface area contributed by atoms with Crippen molar-refractivity contribution in [1.82, 2.24) is 14.7 Å². The second-order valence-corrected chi connectivity index (χ2v) is 4.50. The van der Waals surface area contributed by atoms with Crippen LogP contribution in [-0.2, 0) is 7.05 Å². The topological polar surface area (TPSA) is 58.4 Å². The Balaban J connectivity index is 2.09. The van der Waals surface area contributed by atoms with Gasteiger partial charge in [-0.05, 0) is 31.7 Å². The standard InChI is InChI=1S/C12H19N3O2/c1-14-11(6-7-13-14)12(17)15(8-3-9-16)10-4-2-5-10/h6-7,10,16H,2-5,8-9H2,1H3. The van der Waals surface area contributed by atoms with E-state index in [0.29, 0.717) is 24.7 Å². The number of hydrogen-bond acceptors (Lipinski definition) is 3. The zero-order chi connectivity index (χ0) is 12.3. The van der Waals surface area contributed by atoms with E-state index in [1.165, 1.54) is 6.42 Å². The number of carbonyl (C=O) groups excluding carboxylic acids is 1. The Morgan fingerprint density at radius 1 is 1.65 bits per heavy atom. The molecule has 0 bridgehead atoms.